The van der Waals surface area contributed by atoms with Crippen LogP contribution in [0.25, 0.3) is 5.65 Å². The van der Waals surface area contributed by atoms with Crippen molar-refractivity contribution in [3.63, 3.8) is 0 Å². The first-order valence-corrected chi connectivity index (χ1v) is 8.37. The highest BCUT2D eigenvalue weighted by Crippen LogP contribution is 2.22. The van der Waals surface area contributed by atoms with E-state index < -0.39 is 0 Å². The topological polar surface area (TPSA) is 46.4 Å². The van der Waals surface area contributed by atoms with Crippen molar-refractivity contribution in [1.29, 1.82) is 0 Å². The standard InChI is InChI=1S/C17H15BrClN3O/c1-11(14-4-2-3-5-15(14)19)20-9-13-8-17(23)22-10-12(18)6-7-16(22)21-13/h2-8,10-11,20H,9H2,1H3/t11-/m0/s1. The van der Waals surface area contributed by atoms with Crippen molar-refractivity contribution in [3.8, 4) is 0 Å². The molecular weight excluding hydrogens is 378 g/mol. The quantitative estimate of drug-likeness (QED) is 0.731. The third-order valence-corrected chi connectivity index (χ3v) is 4.45. The first kappa shape index (κ1) is 16.2. The van der Waals surface area contributed by atoms with Crippen LogP contribution in [0.2, 0.25) is 5.02 Å². The number of aromatic nitrogens is 2. The largest absolute Gasteiger partial charge is 0.305 e. The van der Waals surface area contributed by atoms with Gasteiger partial charge in [-0.15, -0.1) is 0 Å². The molecule has 23 heavy (non-hydrogen) atoms. The number of pyridine rings is 1. The first-order chi connectivity index (χ1) is 11.0. The molecule has 0 aliphatic carbocycles. The van der Waals surface area contributed by atoms with Gasteiger partial charge in [0.15, 0.2) is 0 Å². The van der Waals surface area contributed by atoms with Crippen LogP contribution < -0.4 is 10.9 Å². The molecule has 118 valence electrons. The highest BCUT2D eigenvalue weighted by Gasteiger charge is 2.09. The Balaban J connectivity index is 1.81. The number of fused-ring (bicyclic) bond motifs is 1. The Kier molecular flexibility index (Phi) is 4.80. The fourth-order valence-corrected chi connectivity index (χ4v) is 3.05. The second-order valence-corrected chi connectivity index (χ2v) is 6.61. The van der Waals surface area contributed by atoms with Crippen molar-refractivity contribution in [2.75, 3.05) is 0 Å². The van der Waals surface area contributed by atoms with Gasteiger partial charge in [0.05, 0.1) is 5.69 Å². The van der Waals surface area contributed by atoms with E-state index >= 15 is 0 Å². The second-order valence-electron chi connectivity index (χ2n) is 5.29. The number of benzene rings is 1. The van der Waals surface area contributed by atoms with Gasteiger partial charge in [0.2, 0.25) is 0 Å². The van der Waals surface area contributed by atoms with Crippen LogP contribution in [0.4, 0.5) is 0 Å². The predicted octanol–water partition coefficient (Wildman–Crippen LogP) is 3.96. The van der Waals surface area contributed by atoms with Gasteiger partial charge in [0.1, 0.15) is 5.65 Å². The van der Waals surface area contributed by atoms with Crippen molar-refractivity contribution in [3.05, 3.63) is 79.8 Å². The average Bonchev–Trinajstić information content (AvgIpc) is 2.54. The van der Waals surface area contributed by atoms with Crippen molar-refractivity contribution in [2.45, 2.75) is 19.5 Å². The Hall–Kier alpha value is -1.69. The molecule has 0 fully saturated rings. The van der Waals surface area contributed by atoms with E-state index in [9.17, 15) is 4.79 Å². The molecule has 4 nitrogen and oxygen atoms in total. The van der Waals surface area contributed by atoms with Crippen LogP contribution in [0.3, 0.4) is 0 Å². The maximum Gasteiger partial charge on any atom is 0.258 e. The molecule has 0 spiro atoms. The van der Waals surface area contributed by atoms with Gasteiger partial charge >= 0.3 is 0 Å². The Morgan fingerprint density at radius 2 is 2.09 bits per heavy atom. The molecule has 2 aromatic heterocycles. The minimum atomic E-state index is -0.0986. The van der Waals surface area contributed by atoms with Crippen LogP contribution in [0.5, 0.6) is 0 Å². The number of nitrogens with one attached hydrogen (secondary N) is 1. The lowest BCUT2D eigenvalue weighted by Crippen LogP contribution is -2.22. The van der Waals surface area contributed by atoms with Crippen LogP contribution in [-0.4, -0.2) is 9.38 Å². The number of halogens is 2. The zero-order valence-electron chi connectivity index (χ0n) is 12.5. The van der Waals surface area contributed by atoms with E-state index in [1.807, 2.05) is 43.3 Å². The van der Waals surface area contributed by atoms with E-state index in [1.165, 1.54) is 4.40 Å². The van der Waals surface area contributed by atoms with E-state index in [0.29, 0.717) is 17.9 Å². The molecule has 3 rings (SSSR count). The lowest BCUT2D eigenvalue weighted by Gasteiger charge is -2.15. The summed E-state index contributed by atoms with van der Waals surface area (Å²) in [5.41, 5.74) is 2.26. The van der Waals surface area contributed by atoms with Gasteiger partial charge in [-0.1, -0.05) is 29.8 Å². The second kappa shape index (κ2) is 6.83. The summed E-state index contributed by atoms with van der Waals surface area (Å²) in [6, 6.07) is 13.0. The van der Waals surface area contributed by atoms with E-state index in [0.717, 1.165) is 15.1 Å². The summed E-state index contributed by atoms with van der Waals surface area (Å²) in [4.78, 5) is 16.7. The predicted molar refractivity (Wildman–Crippen MR) is 95.9 cm³/mol. The fraction of sp³-hybridized carbons (Fsp3) is 0.176. The van der Waals surface area contributed by atoms with E-state index in [1.54, 1.807) is 12.3 Å². The van der Waals surface area contributed by atoms with Crippen LogP contribution in [0.1, 0.15) is 24.2 Å². The van der Waals surface area contributed by atoms with Gasteiger partial charge in [-0.25, -0.2) is 4.98 Å². The zero-order valence-corrected chi connectivity index (χ0v) is 14.8. The third kappa shape index (κ3) is 3.63. The van der Waals surface area contributed by atoms with Crippen molar-refractivity contribution < 1.29 is 0 Å². The molecule has 0 radical (unpaired) electrons. The fourth-order valence-electron chi connectivity index (χ4n) is 2.41. The number of hydrogen-bond donors (Lipinski definition) is 1. The molecule has 0 amide bonds. The molecular formula is C17H15BrClN3O. The Bertz CT molecular complexity index is 910. The number of nitrogens with zero attached hydrogens (tertiary/aromatic N) is 2. The molecule has 2 heterocycles. The lowest BCUT2D eigenvalue weighted by atomic mass is 10.1. The van der Waals surface area contributed by atoms with Crippen molar-refractivity contribution in [1.82, 2.24) is 14.7 Å². The summed E-state index contributed by atoms with van der Waals surface area (Å²) in [7, 11) is 0. The third-order valence-electron chi connectivity index (χ3n) is 3.64. The van der Waals surface area contributed by atoms with Gasteiger partial charge < -0.3 is 5.32 Å². The zero-order chi connectivity index (χ0) is 16.4. The summed E-state index contributed by atoms with van der Waals surface area (Å²) in [5, 5.41) is 4.08. The minimum absolute atomic E-state index is 0.0638. The highest BCUT2D eigenvalue weighted by atomic mass is 79.9. The Labute approximate surface area is 147 Å². The molecule has 0 bridgehead atoms. The first-order valence-electron chi connectivity index (χ1n) is 7.20. The van der Waals surface area contributed by atoms with Crippen molar-refractivity contribution in [2.24, 2.45) is 0 Å². The average molecular weight is 393 g/mol. The van der Waals surface area contributed by atoms with Gasteiger partial charge in [-0.05, 0) is 46.6 Å². The van der Waals surface area contributed by atoms with Crippen LogP contribution in [0, 0.1) is 0 Å². The molecule has 1 aromatic carbocycles. The lowest BCUT2D eigenvalue weighted by molar-refractivity contribution is 0.567. The van der Waals surface area contributed by atoms with Gasteiger partial charge in [-0.3, -0.25) is 9.20 Å². The van der Waals surface area contributed by atoms with Crippen molar-refractivity contribution >= 4 is 33.2 Å². The summed E-state index contributed by atoms with van der Waals surface area (Å²) in [6.07, 6.45) is 1.72. The van der Waals surface area contributed by atoms with E-state index in [-0.39, 0.29) is 11.6 Å². The summed E-state index contributed by atoms with van der Waals surface area (Å²) < 4.78 is 2.36. The monoisotopic (exact) mass is 391 g/mol. The molecule has 0 saturated heterocycles. The number of hydrogen-bond acceptors (Lipinski definition) is 3. The Morgan fingerprint density at radius 3 is 2.87 bits per heavy atom. The minimum Gasteiger partial charge on any atom is -0.305 e. The summed E-state index contributed by atoms with van der Waals surface area (Å²) in [5.74, 6) is 0. The summed E-state index contributed by atoms with van der Waals surface area (Å²) >= 11 is 9.56. The molecule has 1 atom stereocenters. The van der Waals surface area contributed by atoms with Crippen LogP contribution >= 0.6 is 27.5 Å². The molecule has 0 aliphatic rings. The SMILES string of the molecule is C[C@H](NCc1cc(=O)n2cc(Br)ccc2n1)c1ccccc1Cl. The molecule has 0 unspecified atom stereocenters. The molecule has 1 N–H and O–H groups in total. The van der Waals surface area contributed by atoms with E-state index in [2.05, 4.69) is 26.2 Å². The molecule has 0 aliphatic heterocycles. The van der Waals surface area contributed by atoms with Crippen LogP contribution in [-0.2, 0) is 6.54 Å². The maximum atomic E-state index is 12.2. The van der Waals surface area contributed by atoms with Gasteiger partial charge in [-0.2, -0.15) is 0 Å². The normalized spacial score (nSPS) is 12.5. The Morgan fingerprint density at radius 1 is 1.30 bits per heavy atom. The number of rotatable bonds is 4. The van der Waals surface area contributed by atoms with Crippen LogP contribution in [0.15, 0.2) is 57.9 Å². The maximum absolute atomic E-state index is 12.2. The molecule has 3 aromatic rings. The smallest absolute Gasteiger partial charge is 0.258 e. The van der Waals surface area contributed by atoms with Gasteiger partial charge in [0, 0.05) is 34.3 Å². The highest BCUT2D eigenvalue weighted by molar-refractivity contribution is 9.10. The van der Waals surface area contributed by atoms with Gasteiger partial charge in [0.25, 0.3) is 5.56 Å². The molecule has 6 heteroatoms. The molecule has 0 saturated carbocycles. The summed E-state index contributed by atoms with van der Waals surface area (Å²) in [6.45, 7) is 2.53. The van der Waals surface area contributed by atoms with E-state index in [4.69, 9.17) is 11.6 Å².